The van der Waals surface area contributed by atoms with Crippen molar-refractivity contribution in [1.29, 1.82) is 0 Å². The second kappa shape index (κ2) is 7.14. The highest BCUT2D eigenvalue weighted by Gasteiger charge is 2.45. The van der Waals surface area contributed by atoms with Crippen LogP contribution in [-0.4, -0.2) is 39.1 Å². The van der Waals surface area contributed by atoms with Gasteiger partial charge in [0.15, 0.2) is 0 Å². The average Bonchev–Trinajstić information content (AvgIpc) is 3.01. The summed E-state index contributed by atoms with van der Waals surface area (Å²) in [6, 6.07) is 5.94. The number of rotatable bonds is 3. The van der Waals surface area contributed by atoms with Gasteiger partial charge < -0.3 is 10.0 Å². The van der Waals surface area contributed by atoms with Gasteiger partial charge in [-0.05, 0) is 43.0 Å². The van der Waals surface area contributed by atoms with Crippen molar-refractivity contribution in [3.05, 3.63) is 34.9 Å². The molecule has 1 aliphatic heterocycles. The maximum Gasteiger partial charge on any atom is 0.327 e. The summed E-state index contributed by atoms with van der Waals surface area (Å²) >= 11 is 7.50. The molecule has 1 amide bonds. The van der Waals surface area contributed by atoms with Crippen LogP contribution in [0.3, 0.4) is 0 Å². The van der Waals surface area contributed by atoms with Gasteiger partial charge in [0.2, 0.25) is 0 Å². The molecule has 1 saturated carbocycles. The van der Waals surface area contributed by atoms with Crippen molar-refractivity contribution in [3.63, 3.8) is 0 Å². The molecular formula is C17H20ClNO3S. The Hall–Kier alpha value is -1.20. The molecule has 2 fully saturated rings. The monoisotopic (exact) mass is 353 g/mol. The third kappa shape index (κ3) is 3.50. The van der Waals surface area contributed by atoms with Gasteiger partial charge in [-0.25, -0.2) is 4.79 Å². The van der Waals surface area contributed by atoms with E-state index in [0.29, 0.717) is 22.3 Å². The van der Waals surface area contributed by atoms with Crippen LogP contribution in [0, 0.1) is 5.92 Å². The van der Waals surface area contributed by atoms with Crippen molar-refractivity contribution < 1.29 is 14.7 Å². The van der Waals surface area contributed by atoms with Crippen molar-refractivity contribution in [2.24, 2.45) is 5.92 Å². The van der Waals surface area contributed by atoms with Crippen molar-refractivity contribution >= 4 is 35.2 Å². The molecule has 0 aromatic heterocycles. The van der Waals surface area contributed by atoms with E-state index in [9.17, 15) is 14.7 Å². The number of hydrogen-bond acceptors (Lipinski definition) is 3. The summed E-state index contributed by atoms with van der Waals surface area (Å²) in [4.78, 5) is 26.1. The number of nitrogens with zero attached hydrogens (tertiary/aromatic N) is 1. The van der Waals surface area contributed by atoms with Gasteiger partial charge in [-0.15, -0.1) is 11.8 Å². The standard InChI is InChI=1S/C17H20ClNO3S/c18-13-8-6-11(7-9-13)15(20)19-14(17(21)22)10-23-16(19)12-4-2-1-3-5-12/h6-9,12,14,16H,1-5,10H2,(H,21,22)/t14-,16-/m0/s1. The summed E-state index contributed by atoms with van der Waals surface area (Å²) in [5.74, 6) is -0.252. The van der Waals surface area contributed by atoms with E-state index < -0.39 is 12.0 Å². The molecule has 124 valence electrons. The number of benzene rings is 1. The fourth-order valence-corrected chi connectivity index (χ4v) is 5.26. The third-order valence-electron chi connectivity index (χ3n) is 4.70. The number of carboxylic acid groups (broad SMARTS) is 1. The molecule has 23 heavy (non-hydrogen) atoms. The summed E-state index contributed by atoms with van der Waals surface area (Å²) in [7, 11) is 0. The van der Waals surface area contributed by atoms with Crippen LogP contribution < -0.4 is 0 Å². The molecule has 6 heteroatoms. The Labute approximate surface area is 145 Å². The van der Waals surface area contributed by atoms with Crippen molar-refractivity contribution in [3.8, 4) is 0 Å². The van der Waals surface area contributed by atoms with E-state index in [-0.39, 0.29) is 11.3 Å². The first-order valence-corrected chi connectivity index (χ1v) is 9.43. The molecule has 1 aromatic rings. The van der Waals surface area contributed by atoms with Crippen molar-refractivity contribution in [2.45, 2.75) is 43.5 Å². The first kappa shape index (κ1) is 16.7. The van der Waals surface area contributed by atoms with Crippen LogP contribution >= 0.6 is 23.4 Å². The number of thioether (sulfide) groups is 1. The molecule has 0 unspecified atom stereocenters. The van der Waals surface area contributed by atoms with E-state index in [1.807, 2.05) is 0 Å². The van der Waals surface area contributed by atoms with Gasteiger partial charge in [-0.1, -0.05) is 30.9 Å². The van der Waals surface area contributed by atoms with E-state index in [4.69, 9.17) is 11.6 Å². The Morgan fingerprint density at radius 1 is 1.13 bits per heavy atom. The third-order valence-corrected chi connectivity index (χ3v) is 6.41. The Morgan fingerprint density at radius 3 is 2.39 bits per heavy atom. The molecule has 1 aliphatic carbocycles. The smallest absolute Gasteiger partial charge is 0.327 e. The zero-order chi connectivity index (χ0) is 16.4. The van der Waals surface area contributed by atoms with Gasteiger partial charge in [0, 0.05) is 16.3 Å². The van der Waals surface area contributed by atoms with E-state index >= 15 is 0 Å². The summed E-state index contributed by atoms with van der Waals surface area (Å²) in [5, 5.41) is 10.0. The SMILES string of the molecule is O=C(O)[C@@H]1CS[C@@H](C2CCCCC2)N1C(=O)c1ccc(Cl)cc1. The second-order valence-electron chi connectivity index (χ2n) is 6.20. The number of amides is 1. The van der Waals surface area contributed by atoms with E-state index in [1.54, 1.807) is 40.9 Å². The van der Waals surface area contributed by atoms with Gasteiger partial charge in [0.05, 0.1) is 5.37 Å². The second-order valence-corrected chi connectivity index (χ2v) is 7.78. The lowest BCUT2D eigenvalue weighted by Crippen LogP contribution is -2.48. The molecule has 3 rings (SSSR count). The quantitative estimate of drug-likeness (QED) is 0.895. The molecule has 1 heterocycles. The number of carbonyl (C=O) groups excluding carboxylic acids is 1. The first-order chi connectivity index (χ1) is 11.1. The molecule has 1 aromatic carbocycles. The van der Waals surface area contributed by atoms with Gasteiger partial charge in [-0.3, -0.25) is 4.79 Å². The number of carbonyl (C=O) groups is 2. The van der Waals surface area contributed by atoms with Crippen LogP contribution in [0.1, 0.15) is 42.5 Å². The lowest BCUT2D eigenvalue weighted by atomic mass is 9.88. The van der Waals surface area contributed by atoms with Gasteiger partial charge in [-0.2, -0.15) is 0 Å². The molecule has 0 radical (unpaired) electrons. The van der Waals surface area contributed by atoms with Crippen molar-refractivity contribution in [1.82, 2.24) is 4.90 Å². The highest BCUT2D eigenvalue weighted by atomic mass is 35.5. The fourth-order valence-electron chi connectivity index (χ4n) is 3.50. The Kier molecular flexibility index (Phi) is 5.17. The fraction of sp³-hybridized carbons (Fsp3) is 0.529. The summed E-state index contributed by atoms with van der Waals surface area (Å²) in [6.07, 6.45) is 5.73. The van der Waals surface area contributed by atoms with Crippen LogP contribution in [0.4, 0.5) is 0 Å². The maximum absolute atomic E-state index is 12.9. The summed E-state index contributed by atoms with van der Waals surface area (Å²) in [6.45, 7) is 0. The maximum atomic E-state index is 12.9. The average molecular weight is 354 g/mol. The predicted molar refractivity (Wildman–Crippen MR) is 91.9 cm³/mol. The lowest BCUT2D eigenvalue weighted by molar-refractivity contribution is -0.141. The molecular weight excluding hydrogens is 334 g/mol. The molecule has 1 N–H and O–H groups in total. The Morgan fingerprint density at radius 2 is 1.78 bits per heavy atom. The van der Waals surface area contributed by atoms with Crippen LogP contribution in [0.15, 0.2) is 24.3 Å². The highest BCUT2D eigenvalue weighted by molar-refractivity contribution is 8.00. The minimum absolute atomic E-state index is 0.0282. The topological polar surface area (TPSA) is 57.6 Å². The molecule has 0 bridgehead atoms. The van der Waals surface area contributed by atoms with E-state index in [0.717, 1.165) is 12.8 Å². The molecule has 0 spiro atoms. The van der Waals surface area contributed by atoms with Gasteiger partial charge in [0.25, 0.3) is 5.91 Å². The number of aliphatic carboxylic acids is 1. The molecule has 2 aliphatic rings. The predicted octanol–water partition coefficient (Wildman–Crippen LogP) is 3.89. The largest absolute Gasteiger partial charge is 0.480 e. The first-order valence-electron chi connectivity index (χ1n) is 8.00. The molecule has 2 atom stereocenters. The van der Waals surface area contributed by atoms with Crippen molar-refractivity contribution in [2.75, 3.05) is 5.75 Å². The molecule has 4 nitrogen and oxygen atoms in total. The normalized spacial score (nSPS) is 25.5. The number of hydrogen-bond donors (Lipinski definition) is 1. The van der Waals surface area contributed by atoms with E-state index in [2.05, 4.69) is 0 Å². The zero-order valence-electron chi connectivity index (χ0n) is 12.8. The number of carboxylic acids is 1. The van der Waals surface area contributed by atoms with Gasteiger partial charge >= 0.3 is 5.97 Å². The zero-order valence-corrected chi connectivity index (χ0v) is 14.4. The van der Waals surface area contributed by atoms with Crippen LogP contribution in [-0.2, 0) is 4.79 Å². The van der Waals surface area contributed by atoms with Crippen LogP contribution in [0.2, 0.25) is 5.02 Å². The summed E-state index contributed by atoms with van der Waals surface area (Å²) < 4.78 is 0. The lowest BCUT2D eigenvalue weighted by Gasteiger charge is -2.34. The molecule has 1 saturated heterocycles. The Balaban J connectivity index is 1.87. The Bertz CT molecular complexity index is 586. The highest BCUT2D eigenvalue weighted by Crippen LogP contribution is 2.41. The summed E-state index contributed by atoms with van der Waals surface area (Å²) in [5.41, 5.74) is 0.504. The number of halogens is 1. The minimum atomic E-state index is -0.918. The van der Waals surface area contributed by atoms with Crippen LogP contribution in [0.25, 0.3) is 0 Å². The van der Waals surface area contributed by atoms with Crippen LogP contribution in [0.5, 0.6) is 0 Å². The van der Waals surface area contributed by atoms with E-state index in [1.165, 1.54) is 19.3 Å². The minimum Gasteiger partial charge on any atom is -0.480 e. The van der Waals surface area contributed by atoms with Gasteiger partial charge in [0.1, 0.15) is 6.04 Å².